The van der Waals surface area contributed by atoms with Crippen LogP contribution in [0.2, 0.25) is 0 Å². The van der Waals surface area contributed by atoms with Crippen LogP contribution in [0.1, 0.15) is 42.6 Å². The molecule has 30 heavy (non-hydrogen) atoms. The third-order valence-corrected chi connectivity index (χ3v) is 6.12. The van der Waals surface area contributed by atoms with Crippen LogP contribution in [0.3, 0.4) is 0 Å². The van der Waals surface area contributed by atoms with Crippen molar-refractivity contribution in [2.24, 2.45) is 0 Å². The Labute approximate surface area is 175 Å². The summed E-state index contributed by atoms with van der Waals surface area (Å²) in [5.74, 6) is 0.499. The minimum Gasteiger partial charge on any atom is -0.306 e. The van der Waals surface area contributed by atoms with Gasteiger partial charge < -0.3 is 4.90 Å². The van der Waals surface area contributed by atoms with Crippen LogP contribution in [-0.4, -0.2) is 49.0 Å². The molecule has 0 unspecified atom stereocenters. The lowest BCUT2D eigenvalue weighted by Crippen LogP contribution is -2.29. The largest absolute Gasteiger partial charge is 0.306 e. The fraction of sp³-hybridized carbons (Fsp3) is 0.391. The maximum Gasteiger partial charge on any atom is 0.258 e. The molecule has 0 atom stereocenters. The smallest absolute Gasteiger partial charge is 0.258 e. The minimum atomic E-state index is -0.0770. The highest BCUT2D eigenvalue weighted by molar-refractivity contribution is 5.66. The van der Waals surface area contributed by atoms with E-state index in [0.29, 0.717) is 23.0 Å². The van der Waals surface area contributed by atoms with Crippen molar-refractivity contribution < 1.29 is 0 Å². The van der Waals surface area contributed by atoms with Crippen molar-refractivity contribution in [3.8, 4) is 11.4 Å². The summed E-state index contributed by atoms with van der Waals surface area (Å²) in [6, 6.07) is 7.63. The molecule has 0 bridgehead atoms. The summed E-state index contributed by atoms with van der Waals surface area (Å²) >= 11 is 0. The summed E-state index contributed by atoms with van der Waals surface area (Å²) in [6.07, 6.45) is 6.94. The molecule has 0 spiro atoms. The molecular formula is C23H26N6O. The van der Waals surface area contributed by atoms with E-state index in [0.717, 1.165) is 49.3 Å². The zero-order valence-corrected chi connectivity index (χ0v) is 17.7. The molecule has 0 N–H and O–H groups in total. The van der Waals surface area contributed by atoms with Gasteiger partial charge in [0.25, 0.3) is 5.56 Å². The second-order valence-electron chi connectivity index (χ2n) is 8.29. The summed E-state index contributed by atoms with van der Waals surface area (Å²) in [6.45, 7) is 6.23. The Morgan fingerprint density at radius 1 is 1.07 bits per heavy atom. The van der Waals surface area contributed by atoms with Gasteiger partial charge in [-0.15, -0.1) is 0 Å². The van der Waals surface area contributed by atoms with Gasteiger partial charge in [0.15, 0.2) is 0 Å². The minimum absolute atomic E-state index is 0.0770. The zero-order chi connectivity index (χ0) is 20.8. The quantitative estimate of drug-likeness (QED) is 0.527. The highest BCUT2D eigenvalue weighted by atomic mass is 16.1. The van der Waals surface area contributed by atoms with Gasteiger partial charge in [0, 0.05) is 12.3 Å². The fourth-order valence-corrected chi connectivity index (χ4v) is 4.40. The number of pyridine rings is 1. The molecule has 4 aromatic heterocycles. The van der Waals surface area contributed by atoms with Crippen molar-refractivity contribution in [1.82, 2.24) is 28.9 Å². The monoisotopic (exact) mass is 402 g/mol. The number of fused-ring (bicyclic) bond motifs is 2. The molecule has 1 aliphatic heterocycles. The van der Waals surface area contributed by atoms with Crippen LogP contribution in [0, 0.1) is 6.92 Å². The normalized spacial score (nSPS) is 16.0. The second-order valence-corrected chi connectivity index (χ2v) is 8.29. The molecule has 0 radical (unpaired) electrons. The van der Waals surface area contributed by atoms with Crippen molar-refractivity contribution in [1.29, 1.82) is 0 Å². The Kier molecular flexibility index (Phi) is 4.62. The molecule has 0 amide bonds. The number of likely N-dealkylation sites (tertiary alicyclic amines) is 1. The van der Waals surface area contributed by atoms with Crippen molar-refractivity contribution in [2.45, 2.75) is 39.0 Å². The van der Waals surface area contributed by atoms with E-state index in [2.05, 4.69) is 35.0 Å². The van der Waals surface area contributed by atoms with Gasteiger partial charge in [-0.25, -0.2) is 9.50 Å². The average Bonchev–Trinajstić information content (AvgIpc) is 3.17. The lowest BCUT2D eigenvalue weighted by molar-refractivity contribution is 0.255. The maximum atomic E-state index is 12.9. The third-order valence-electron chi connectivity index (χ3n) is 6.12. The molecule has 7 nitrogen and oxygen atoms in total. The number of nitrogens with zero attached hydrogens (tertiary/aromatic N) is 6. The van der Waals surface area contributed by atoms with Gasteiger partial charge in [0.1, 0.15) is 11.3 Å². The summed E-state index contributed by atoms with van der Waals surface area (Å²) in [4.78, 5) is 24.6. The Balaban J connectivity index is 1.56. The topological polar surface area (TPSA) is 67.8 Å². The molecular weight excluding hydrogens is 376 g/mol. The third kappa shape index (κ3) is 3.29. The van der Waals surface area contributed by atoms with Crippen LogP contribution in [0.5, 0.6) is 0 Å². The Hall–Kier alpha value is -3.06. The fourth-order valence-electron chi connectivity index (χ4n) is 4.40. The maximum absolute atomic E-state index is 12.9. The summed E-state index contributed by atoms with van der Waals surface area (Å²) in [5, 5.41) is 4.66. The molecule has 4 aromatic rings. The van der Waals surface area contributed by atoms with Crippen molar-refractivity contribution in [3.63, 3.8) is 0 Å². The van der Waals surface area contributed by atoms with E-state index in [1.165, 1.54) is 5.56 Å². The van der Waals surface area contributed by atoms with E-state index in [9.17, 15) is 4.79 Å². The van der Waals surface area contributed by atoms with E-state index in [1.807, 2.05) is 36.0 Å². The predicted molar refractivity (Wildman–Crippen MR) is 117 cm³/mol. The van der Waals surface area contributed by atoms with E-state index >= 15 is 0 Å². The predicted octanol–water partition coefficient (Wildman–Crippen LogP) is 3.08. The lowest BCUT2D eigenvalue weighted by atomic mass is 9.91. The molecule has 5 heterocycles. The van der Waals surface area contributed by atoms with Crippen LogP contribution in [0.4, 0.5) is 0 Å². The van der Waals surface area contributed by atoms with Crippen molar-refractivity contribution in [3.05, 3.63) is 64.0 Å². The van der Waals surface area contributed by atoms with Gasteiger partial charge in [0.2, 0.25) is 0 Å². The number of rotatable bonds is 3. The standard InChI is InChI=1S/C23H26N6O/c1-4-18-21-11-20(26-29(21)13-15(2)24-18)19-12-23(30)28-14-17(5-6-22(28)25-19)16-7-9-27(3)10-8-16/h5-6,11-14,16H,4,7-10H2,1-3H3. The van der Waals surface area contributed by atoms with Crippen LogP contribution in [0.25, 0.3) is 22.6 Å². The molecule has 0 saturated carbocycles. The Morgan fingerprint density at radius 3 is 2.63 bits per heavy atom. The summed E-state index contributed by atoms with van der Waals surface area (Å²) < 4.78 is 3.50. The van der Waals surface area contributed by atoms with E-state index in [1.54, 1.807) is 10.5 Å². The summed E-state index contributed by atoms with van der Waals surface area (Å²) in [7, 11) is 2.16. The Bertz CT molecular complexity index is 1300. The van der Waals surface area contributed by atoms with Crippen molar-refractivity contribution in [2.75, 3.05) is 20.1 Å². The Morgan fingerprint density at radius 2 is 1.87 bits per heavy atom. The van der Waals surface area contributed by atoms with Gasteiger partial charge in [-0.1, -0.05) is 13.0 Å². The van der Waals surface area contributed by atoms with Crippen LogP contribution >= 0.6 is 0 Å². The zero-order valence-electron chi connectivity index (χ0n) is 17.7. The lowest BCUT2D eigenvalue weighted by Gasteiger charge is -2.29. The molecule has 154 valence electrons. The van der Waals surface area contributed by atoms with Crippen LogP contribution in [-0.2, 0) is 6.42 Å². The van der Waals surface area contributed by atoms with Crippen LogP contribution < -0.4 is 5.56 Å². The van der Waals surface area contributed by atoms with Gasteiger partial charge in [-0.2, -0.15) is 5.10 Å². The van der Waals surface area contributed by atoms with Crippen LogP contribution in [0.15, 0.2) is 41.5 Å². The molecule has 0 aromatic carbocycles. The first-order valence-corrected chi connectivity index (χ1v) is 10.6. The molecule has 0 aliphatic carbocycles. The first kappa shape index (κ1) is 18.9. The van der Waals surface area contributed by atoms with Gasteiger partial charge in [-0.05, 0) is 69.9 Å². The number of hydrogen-bond acceptors (Lipinski definition) is 5. The number of hydrogen-bond donors (Lipinski definition) is 0. The molecule has 1 saturated heterocycles. The number of aromatic nitrogens is 5. The van der Waals surface area contributed by atoms with Crippen molar-refractivity contribution >= 4 is 11.2 Å². The number of aryl methyl sites for hydroxylation is 2. The first-order chi connectivity index (χ1) is 14.5. The van der Waals surface area contributed by atoms with Gasteiger partial charge in [0.05, 0.1) is 28.8 Å². The number of piperidine rings is 1. The van der Waals surface area contributed by atoms with E-state index in [4.69, 9.17) is 4.98 Å². The van der Waals surface area contributed by atoms with Gasteiger partial charge >= 0.3 is 0 Å². The molecule has 1 fully saturated rings. The highest BCUT2D eigenvalue weighted by Gasteiger charge is 2.19. The average molecular weight is 403 g/mol. The molecule has 5 rings (SSSR count). The van der Waals surface area contributed by atoms with E-state index < -0.39 is 0 Å². The first-order valence-electron chi connectivity index (χ1n) is 10.6. The SMILES string of the molecule is CCc1nc(C)cn2nc(-c3cc(=O)n4cc(C5CCN(C)CC5)ccc4n3)cc12. The van der Waals surface area contributed by atoms with E-state index in [-0.39, 0.29) is 5.56 Å². The molecule has 1 aliphatic rings. The molecule has 7 heteroatoms. The second kappa shape index (κ2) is 7.32. The highest BCUT2D eigenvalue weighted by Crippen LogP contribution is 2.27. The summed E-state index contributed by atoms with van der Waals surface area (Å²) in [5.41, 5.74) is 5.94. The van der Waals surface area contributed by atoms with Gasteiger partial charge in [-0.3, -0.25) is 14.2 Å².